The number of pyridine rings is 1. The molecule has 0 amide bonds. The standard InChI is InChI=1S/C15H11N3/c1-10-11(2)18-15(12-6-4-3-5-7-12)14(9-17)13(10)8-16/h3-7H,1-2H3. The van der Waals surface area contributed by atoms with Crippen LogP contribution >= 0.6 is 0 Å². The van der Waals surface area contributed by atoms with Gasteiger partial charge < -0.3 is 0 Å². The van der Waals surface area contributed by atoms with Crippen LogP contribution in [0.2, 0.25) is 0 Å². The summed E-state index contributed by atoms with van der Waals surface area (Å²) in [6.07, 6.45) is 0. The second-order valence-corrected chi connectivity index (χ2v) is 4.01. The van der Waals surface area contributed by atoms with Crippen molar-refractivity contribution in [3.05, 3.63) is 52.7 Å². The van der Waals surface area contributed by atoms with E-state index in [1.165, 1.54) is 0 Å². The molecule has 0 radical (unpaired) electrons. The van der Waals surface area contributed by atoms with Gasteiger partial charge in [-0.2, -0.15) is 10.5 Å². The zero-order valence-corrected chi connectivity index (χ0v) is 10.2. The Morgan fingerprint density at radius 3 is 2.11 bits per heavy atom. The summed E-state index contributed by atoms with van der Waals surface area (Å²) in [4.78, 5) is 4.45. The third kappa shape index (κ3) is 1.83. The van der Waals surface area contributed by atoms with Gasteiger partial charge in [0.1, 0.15) is 12.1 Å². The predicted octanol–water partition coefficient (Wildman–Crippen LogP) is 3.11. The molecule has 18 heavy (non-hydrogen) atoms. The molecule has 0 spiro atoms. The monoisotopic (exact) mass is 233 g/mol. The molecule has 0 aliphatic heterocycles. The number of hydrogen-bond donors (Lipinski definition) is 0. The lowest BCUT2D eigenvalue weighted by atomic mass is 9.97. The van der Waals surface area contributed by atoms with E-state index in [1.54, 1.807) is 0 Å². The zero-order valence-electron chi connectivity index (χ0n) is 10.2. The second-order valence-electron chi connectivity index (χ2n) is 4.01. The van der Waals surface area contributed by atoms with Gasteiger partial charge in [0.15, 0.2) is 0 Å². The highest BCUT2D eigenvalue weighted by Gasteiger charge is 2.16. The van der Waals surface area contributed by atoms with E-state index in [-0.39, 0.29) is 0 Å². The minimum absolute atomic E-state index is 0.354. The molecule has 0 aliphatic rings. The quantitative estimate of drug-likeness (QED) is 0.760. The Labute approximate surface area is 106 Å². The van der Waals surface area contributed by atoms with Gasteiger partial charge in [0, 0.05) is 11.3 Å². The van der Waals surface area contributed by atoms with Crippen LogP contribution in [0.15, 0.2) is 30.3 Å². The molecule has 2 rings (SSSR count). The fourth-order valence-corrected chi connectivity index (χ4v) is 1.85. The van der Waals surface area contributed by atoms with Gasteiger partial charge in [-0.3, -0.25) is 4.98 Å². The first-order valence-electron chi connectivity index (χ1n) is 5.56. The molecule has 0 bridgehead atoms. The maximum atomic E-state index is 9.27. The molecule has 3 heteroatoms. The van der Waals surface area contributed by atoms with Crippen LogP contribution in [0.1, 0.15) is 22.4 Å². The van der Waals surface area contributed by atoms with Crippen molar-refractivity contribution in [1.82, 2.24) is 4.98 Å². The summed E-state index contributed by atoms with van der Waals surface area (Å²) in [5.74, 6) is 0. The Hall–Kier alpha value is -2.65. The van der Waals surface area contributed by atoms with Gasteiger partial charge >= 0.3 is 0 Å². The first kappa shape index (κ1) is 11.8. The molecule has 1 aromatic carbocycles. The maximum absolute atomic E-state index is 9.27. The van der Waals surface area contributed by atoms with Crippen molar-refractivity contribution >= 4 is 0 Å². The highest BCUT2D eigenvalue weighted by molar-refractivity contribution is 5.71. The Balaban J connectivity index is 2.82. The third-order valence-electron chi connectivity index (χ3n) is 2.95. The number of nitriles is 2. The van der Waals surface area contributed by atoms with Crippen molar-refractivity contribution in [3.63, 3.8) is 0 Å². The van der Waals surface area contributed by atoms with Crippen LogP contribution in [0, 0.1) is 36.5 Å². The van der Waals surface area contributed by atoms with E-state index in [2.05, 4.69) is 17.1 Å². The van der Waals surface area contributed by atoms with Crippen molar-refractivity contribution < 1.29 is 0 Å². The summed E-state index contributed by atoms with van der Waals surface area (Å²) in [5.41, 5.74) is 3.76. The van der Waals surface area contributed by atoms with E-state index >= 15 is 0 Å². The molecule has 86 valence electrons. The lowest BCUT2D eigenvalue weighted by Gasteiger charge is -2.09. The van der Waals surface area contributed by atoms with Gasteiger partial charge in [0.05, 0.1) is 16.8 Å². The van der Waals surface area contributed by atoms with E-state index in [0.29, 0.717) is 16.8 Å². The van der Waals surface area contributed by atoms with Crippen LogP contribution in [-0.2, 0) is 0 Å². The first-order valence-corrected chi connectivity index (χ1v) is 5.56. The molecule has 0 N–H and O–H groups in total. The van der Waals surface area contributed by atoms with Gasteiger partial charge in [-0.1, -0.05) is 30.3 Å². The summed E-state index contributed by atoms with van der Waals surface area (Å²) in [5, 5.41) is 18.5. The molecule has 0 fully saturated rings. The van der Waals surface area contributed by atoms with Crippen LogP contribution in [0.25, 0.3) is 11.3 Å². The zero-order chi connectivity index (χ0) is 13.1. The maximum Gasteiger partial charge on any atom is 0.103 e. The fraction of sp³-hybridized carbons (Fsp3) is 0.133. The summed E-state index contributed by atoms with van der Waals surface area (Å²) < 4.78 is 0. The lowest BCUT2D eigenvalue weighted by Crippen LogP contribution is -2.00. The van der Waals surface area contributed by atoms with Crippen LogP contribution < -0.4 is 0 Å². The first-order chi connectivity index (χ1) is 8.69. The molecule has 1 aromatic heterocycles. The number of nitrogens with zero attached hydrogens (tertiary/aromatic N) is 3. The molecule has 0 atom stereocenters. The van der Waals surface area contributed by atoms with E-state index in [0.717, 1.165) is 16.8 Å². The number of rotatable bonds is 1. The Kier molecular flexibility index (Phi) is 3.08. The van der Waals surface area contributed by atoms with Gasteiger partial charge in [0.2, 0.25) is 0 Å². The Bertz CT molecular complexity index is 674. The van der Waals surface area contributed by atoms with E-state index in [9.17, 15) is 10.5 Å². The van der Waals surface area contributed by atoms with E-state index in [1.807, 2.05) is 44.2 Å². The van der Waals surface area contributed by atoms with Crippen molar-refractivity contribution in [3.8, 4) is 23.4 Å². The fourth-order valence-electron chi connectivity index (χ4n) is 1.85. The highest BCUT2D eigenvalue weighted by atomic mass is 14.7. The normalized spacial score (nSPS) is 9.56. The van der Waals surface area contributed by atoms with Crippen LogP contribution in [0.3, 0.4) is 0 Å². The SMILES string of the molecule is Cc1nc(-c2ccccc2)c(C#N)c(C#N)c1C. The molecule has 1 heterocycles. The highest BCUT2D eigenvalue weighted by Crippen LogP contribution is 2.26. The molecular formula is C15H11N3. The van der Waals surface area contributed by atoms with Gasteiger partial charge in [-0.05, 0) is 19.4 Å². The lowest BCUT2D eigenvalue weighted by molar-refractivity contribution is 1.13. The molecule has 0 saturated carbocycles. The molecular weight excluding hydrogens is 222 g/mol. The smallest absolute Gasteiger partial charge is 0.103 e. The predicted molar refractivity (Wildman–Crippen MR) is 68.6 cm³/mol. The average Bonchev–Trinajstić information content (AvgIpc) is 2.42. The van der Waals surface area contributed by atoms with Crippen LogP contribution in [0.4, 0.5) is 0 Å². The summed E-state index contributed by atoms with van der Waals surface area (Å²) in [6, 6.07) is 13.7. The number of benzene rings is 1. The van der Waals surface area contributed by atoms with Crippen LogP contribution in [0.5, 0.6) is 0 Å². The van der Waals surface area contributed by atoms with E-state index in [4.69, 9.17) is 0 Å². The number of aryl methyl sites for hydroxylation is 1. The Morgan fingerprint density at radius 2 is 1.56 bits per heavy atom. The number of aromatic nitrogens is 1. The minimum Gasteiger partial charge on any atom is -0.251 e. The molecule has 0 unspecified atom stereocenters. The second kappa shape index (κ2) is 4.69. The summed E-state index contributed by atoms with van der Waals surface area (Å²) >= 11 is 0. The summed E-state index contributed by atoms with van der Waals surface area (Å²) in [6.45, 7) is 3.67. The van der Waals surface area contributed by atoms with Crippen LogP contribution in [-0.4, -0.2) is 4.98 Å². The Morgan fingerprint density at radius 1 is 0.944 bits per heavy atom. The van der Waals surface area contributed by atoms with E-state index < -0.39 is 0 Å². The minimum atomic E-state index is 0.354. The summed E-state index contributed by atoms with van der Waals surface area (Å²) in [7, 11) is 0. The van der Waals surface area contributed by atoms with Crippen molar-refractivity contribution in [1.29, 1.82) is 10.5 Å². The van der Waals surface area contributed by atoms with Crippen molar-refractivity contribution in [2.45, 2.75) is 13.8 Å². The van der Waals surface area contributed by atoms with Gasteiger partial charge in [-0.25, -0.2) is 0 Å². The average molecular weight is 233 g/mol. The molecule has 3 nitrogen and oxygen atoms in total. The van der Waals surface area contributed by atoms with Crippen molar-refractivity contribution in [2.24, 2.45) is 0 Å². The van der Waals surface area contributed by atoms with Gasteiger partial charge in [0.25, 0.3) is 0 Å². The third-order valence-corrected chi connectivity index (χ3v) is 2.95. The topological polar surface area (TPSA) is 60.5 Å². The van der Waals surface area contributed by atoms with Gasteiger partial charge in [-0.15, -0.1) is 0 Å². The molecule has 0 aliphatic carbocycles. The molecule has 0 saturated heterocycles. The molecule has 2 aromatic rings. The van der Waals surface area contributed by atoms with Crippen molar-refractivity contribution in [2.75, 3.05) is 0 Å². The number of hydrogen-bond acceptors (Lipinski definition) is 3. The largest absolute Gasteiger partial charge is 0.251 e.